The van der Waals surface area contributed by atoms with Gasteiger partial charge in [-0.25, -0.2) is 9.37 Å². The number of rotatable bonds is 5. The van der Waals surface area contributed by atoms with Gasteiger partial charge in [-0.1, -0.05) is 11.6 Å². The third-order valence-corrected chi connectivity index (χ3v) is 4.06. The van der Waals surface area contributed by atoms with Crippen molar-refractivity contribution in [3.8, 4) is 0 Å². The lowest BCUT2D eigenvalue weighted by atomic mass is 10.3. The Morgan fingerprint density at radius 2 is 2.17 bits per heavy atom. The summed E-state index contributed by atoms with van der Waals surface area (Å²) < 4.78 is 14.8. The first-order valence-electron chi connectivity index (χ1n) is 7.46. The number of carbonyl (C=O) groups excluding carboxylic acids is 1. The van der Waals surface area contributed by atoms with Crippen molar-refractivity contribution in [3.05, 3.63) is 46.9 Å². The molecule has 0 radical (unpaired) electrons. The number of fused-ring (bicyclic) bond motifs is 1. The van der Waals surface area contributed by atoms with Crippen LogP contribution in [0.4, 0.5) is 21.7 Å². The summed E-state index contributed by atoms with van der Waals surface area (Å²) >= 11 is 6.05. The van der Waals surface area contributed by atoms with E-state index < -0.39 is 5.82 Å². The van der Waals surface area contributed by atoms with Crippen LogP contribution >= 0.6 is 11.6 Å². The summed E-state index contributed by atoms with van der Waals surface area (Å²) in [7, 11) is 0. The number of hydrogen-bond donors (Lipinski definition) is 2. The van der Waals surface area contributed by atoms with Crippen LogP contribution in [0.5, 0.6) is 0 Å². The molecule has 3 aromatic rings. The van der Waals surface area contributed by atoms with E-state index in [2.05, 4.69) is 20.7 Å². The predicted molar refractivity (Wildman–Crippen MR) is 89.7 cm³/mol. The van der Waals surface area contributed by atoms with Crippen LogP contribution in [0.2, 0.25) is 5.02 Å². The molecule has 122 valence electrons. The molecular formula is C16H13ClFN5O. The Morgan fingerprint density at radius 1 is 1.33 bits per heavy atom. The Labute approximate surface area is 141 Å². The summed E-state index contributed by atoms with van der Waals surface area (Å²) in [5.74, 6) is 0.808. The average molecular weight is 346 g/mol. The maximum Gasteiger partial charge on any atom is 0.170 e. The molecule has 0 amide bonds. The van der Waals surface area contributed by atoms with Crippen LogP contribution in [0.1, 0.15) is 23.2 Å². The van der Waals surface area contributed by atoms with Gasteiger partial charge in [0.25, 0.3) is 0 Å². The molecule has 2 heterocycles. The maximum atomic E-state index is 13.2. The second-order valence-corrected chi connectivity index (χ2v) is 6.05. The SMILES string of the molecule is O=Cc1cnn2c(NC3CC3)cc(Nc3ccc(F)cc3Cl)nc12. The average Bonchev–Trinajstić information content (AvgIpc) is 3.27. The lowest BCUT2D eigenvalue weighted by Crippen LogP contribution is -2.09. The van der Waals surface area contributed by atoms with E-state index in [4.69, 9.17) is 11.6 Å². The summed E-state index contributed by atoms with van der Waals surface area (Å²) in [6.07, 6.45) is 4.38. The molecule has 1 aromatic carbocycles. The third kappa shape index (κ3) is 2.78. The molecule has 4 rings (SSSR count). The standard InChI is InChI=1S/C16H13ClFN5O/c17-12-5-10(18)1-4-13(12)21-14-6-15(20-11-2-3-11)23-16(22-14)9(8-24)7-19-23/h1,4-8,11,20H,2-3H2,(H,21,22). The van der Waals surface area contributed by atoms with E-state index in [-0.39, 0.29) is 5.02 Å². The van der Waals surface area contributed by atoms with E-state index in [1.54, 1.807) is 10.6 Å². The van der Waals surface area contributed by atoms with Crippen molar-refractivity contribution in [1.29, 1.82) is 0 Å². The monoisotopic (exact) mass is 345 g/mol. The molecule has 1 fully saturated rings. The number of anilines is 3. The highest BCUT2D eigenvalue weighted by atomic mass is 35.5. The topological polar surface area (TPSA) is 71.3 Å². The quantitative estimate of drug-likeness (QED) is 0.691. The lowest BCUT2D eigenvalue weighted by Gasteiger charge is -2.12. The Morgan fingerprint density at radius 3 is 2.88 bits per heavy atom. The summed E-state index contributed by atoms with van der Waals surface area (Å²) in [5.41, 5.74) is 1.36. The molecule has 0 aliphatic heterocycles. The molecule has 1 saturated carbocycles. The first-order valence-corrected chi connectivity index (χ1v) is 7.84. The van der Waals surface area contributed by atoms with Gasteiger partial charge >= 0.3 is 0 Å². The first-order chi connectivity index (χ1) is 11.6. The third-order valence-electron chi connectivity index (χ3n) is 3.75. The van der Waals surface area contributed by atoms with Gasteiger partial charge in [0.05, 0.1) is 22.5 Å². The number of nitrogens with zero attached hydrogens (tertiary/aromatic N) is 3. The zero-order valence-electron chi connectivity index (χ0n) is 12.5. The molecule has 0 atom stereocenters. The minimum absolute atomic E-state index is 0.248. The van der Waals surface area contributed by atoms with Crippen LogP contribution in [-0.2, 0) is 0 Å². The van der Waals surface area contributed by atoms with Gasteiger partial charge in [0.1, 0.15) is 17.5 Å². The van der Waals surface area contributed by atoms with Gasteiger partial charge in [0.2, 0.25) is 0 Å². The van der Waals surface area contributed by atoms with Gasteiger partial charge in [0.15, 0.2) is 11.9 Å². The molecule has 0 spiro atoms. The first kappa shape index (κ1) is 14.9. The van der Waals surface area contributed by atoms with Crippen LogP contribution in [0.15, 0.2) is 30.5 Å². The second kappa shape index (κ2) is 5.76. The number of nitrogens with one attached hydrogen (secondary N) is 2. The van der Waals surface area contributed by atoms with Crippen molar-refractivity contribution in [1.82, 2.24) is 14.6 Å². The number of halogens is 2. The molecule has 0 bridgehead atoms. The van der Waals surface area contributed by atoms with Crippen molar-refractivity contribution in [2.75, 3.05) is 10.6 Å². The molecule has 8 heteroatoms. The fourth-order valence-electron chi connectivity index (χ4n) is 2.40. The molecule has 0 unspecified atom stereocenters. The van der Waals surface area contributed by atoms with Crippen LogP contribution in [0.3, 0.4) is 0 Å². The van der Waals surface area contributed by atoms with E-state index >= 15 is 0 Å². The molecular weight excluding hydrogens is 333 g/mol. The zero-order valence-corrected chi connectivity index (χ0v) is 13.2. The number of benzene rings is 1. The van der Waals surface area contributed by atoms with Crippen molar-refractivity contribution in [3.63, 3.8) is 0 Å². The van der Waals surface area contributed by atoms with Crippen LogP contribution in [0, 0.1) is 5.82 Å². The Kier molecular flexibility index (Phi) is 3.57. The molecule has 0 saturated heterocycles. The highest BCUT2D eigenvalue weighted by Crippen LogP contribution is 2.29. The molecule has 2 aromatic heterocycles. The number of aromatic nitrogens is 3. The van der Waals surface area contributed by atoms with Gasteiger partial charge in [-0.15, -0.1) is 0 Å². The van der Waals surface area contributed by atoms with Crippen molar-refractivity contribution in [2.24, 2.45) is 0 Å². The van der Waals surface area contributed by atoms with E-state index in [0.717, 1.165) is 18.7 Å². The van der Waals surface area contributed by atoms with Crippen LogP contribution in [-0.4, -0.2) is 26.9 Å². The Balaban J connectivity index is 1.77. The van der Waals surface area contributed by atoms with Gasteiger partial charge in [-0.2, -0.15) is 9.61 Å². The van der Waals surface area contributed by atoms with Crippen molar-refractivity contribution < 1.29 is 9.18 Å². The van der Waals surface area contributed by atoms with Gasteiger partial charge < -0.3 is 10.6 Å². The van der Waals surface area contributed by atoms with E-state index in [1.807, 2.05) is 0 Å². The number of carbonyl (C=O) groups is 1. The number of aldehydes is 1. The summed E-state index contributed by atoms with van der Waals surface area (Å²) in [4.78, 5) is 15.6. The lowest BCUT2D eigenvalue weighted by molar-refractivity contribution is 0.112. The normalized spacial score (nSPS) is 13.9. The van der Waals surface area contributed by atoms with E-state index in [1.165, 1.54) is 24.4 Å². The Bertz CT molecular complexity index is 938. The molecule has 6 nitrogen and oxygen atoms in total. The Hall–Kier alpha value is -2.67. The van der Waals surface area contributed by atoms with Gasteiger partial charge in [-0.05, 0) is 31.0 Å². The van der Waals surface area contributed by atoms with Crippen molar-refractivity contribution in [2.45, 2.75) is 18.9 Å². The highest BCUT2D eigenvalue weighted by molar-refractivity contribution is 6.33. The van der Waals surface area contributed by atoms with Gasteiger partial charge in [0, 0.05) is 12.1 Å². The predicted octanol–water partition coefficient (Wildman–Crippen LogP) is 3.65. The smallest absolute Gasteiger partial charge is 0.170 e. The molecule has 1 aliphatic rings. The van der Waals surface area contributed by atoms with E-state index in [0.29, 0.717) is 35.0 Å². The van der Waals surface area contributed by atoms with Crippen LogP contribution < -0.4 is 10.6 Å². The van der Waals surface area contributed by atoms with Crippen molar-refractivity contribution >= 4 is 40.9 Å². The summed E-state index contributed by atoms with van der Waals surface area (Å²) in [6, 6.07) is 6.26. The molecule has 24 heavy (non-hydrogen) atoms. The highest BCUT2D eigenvalue weighted by Gasteiger charge is 2.23. The fourth-order valence-corrected chi connectivity index (χ4v) is 2.61. The largest absolute Gasteiger partial charge is 0.367 e. The summed E-state index contributed by atoms with van der Waals surface area (Å²) in [5, 5.41) is 10.9. The summed E-state index contributed by atoms with van der Waals surface area (Å²) in [6.45, 7) is 0. The van der Waals surface area contributed by atoms with Crippen LogP contribution in [0.25, 0.3) is 5.65 Å². The fraction of sp³-hybridized carbons (Fsp3) is 0.188. The minimum Gasteiger partial charge on any atom is -0.367 e. The number of hydrogen-bond acceptors (Lipinski definition) is 5. The molecule has 1 aliphatic carbocycles. The molecule has 2 N–H and O–H groups in total. The second-order valence-electron chi connectivity index (χ2n) is 5.65. The van der Waals surface area contributed by atoms with E-state index in [9.17, 15) is 9.18 Å². The zero-order chi connectivity index (χ0) is 16.7. The minimum atomic E-state index is -0.413. The van der Waals surface area contributed by atoms with Gasteiger partial charge in [-0.3, -0.25) is 4.79 Å². The maximum absolute atomic E-state index is 13.2.